The molecule has 0 aliphatic carbocycles. The number of nitrogens with two attached hydrogens (primary N) is 2. The van der Waals surface area contributed by atoms with E-state index in [1.54, 1.807) is 0 Å². The molecule has 0 aliphatic rings. The maximum atomic E-state index is 9.62. The molecule has 0 aromatic carbocycles. The number of guanidine groups is 1. The number of aliphatic carboxylic acids is 1. The first-order valence-corrected chi connectivity index (χ1v) is 3.21. The Kier molecular flexibility index (Phi) is 6.35. The second-order valence-corrected chi connectivity index (χ2v) is 3.54. The number of rotatable bonds is 0. The van der Waals surface area contributed by atoms with Gasteiger partial charge in [0.05, 0.1) is 0 Å². The van der Waals surface area contributed by atoms with Gasteiger partial charge in [0.1, 0.15) is 0 Å². The van der Waals surface area contributed by atoms with Crippen LogP contribution in [0.25, 0.3) is 0 Å². The lowest BCUT2D eigenvalue weighted by molar-refractivity contribution is -0.135. The van der Waals surface area contributed by atoms with Crippen molar-refractivity contribution < 1.29 is 9.90 Å². The van der Waals surface area contributed by atoms with E-state index in [0.717, 1.165) is 0 Å². The molecule has 5 nitrogen and oxygen atoms in total. The fourth-order valence-corrected chi connectivity index (χ4v) is 0. The Labute approximate surface area is 77.7 Å². The number of carboxylic acid groups (broad SMARTS) is 1. The molecule has 0 radical (unpaired) electrons. The number of nitrogens with one attached hydrogen (secondary N) is 1. The minimum Gasteiger partial charge on any atom is -0.478 e. The minimum atomic E-state index is -2.17. The number of alkyl halides is 3. The van der Waals surface area contributed by atoms with Crippen molar-refractivity contribution >= 4 is 46.7 Å². The van der Waals surface area contributed by atoms with Crippen LogP contribution in [0.5, 0.6) is 0 Å². The van der Waals surface area contributed by atoms with Crippen LogP contribution in [-0.2, 0) is 4.79 Å². The van der Waals surface area contributed by atoms with Crippen LogP contribution < -0.4 is 11.5 Å². The molecule has 0 aromatic rings. The molecule has 0 amide bonds. The highest BCUT2D eigenvalue weighted by Gasteiger charge is 2.29. The van der Waals surface area contributed by atoms with Crippen LogP contribution in [-0.4, -0.2) is 20.8 Å². The molecule has 0 atom stereocenters. The van der Waals surface area contributed by atoms with Gasteiger partial charge in [0.25, 0.3) is 3.79 Å². The van der Waals surface area contributed by atoms with Gasteiger partial charge < -0.3 is 16.6 Å². The summed E-state index contributed by atoms with van der Waals surface area (Å²) in [4.78, 5) is 9.62. The molecule has 0 aliphatic heterocycles. The van der Waals surface area contributed by atoms with E-state index in [1.807, 2.05) is 0 Å². The predicted molar refractivity (Wildman–Crippen MR) is 44.0 cm³/mol. The van der Waals surface area contributed by atoms with Crippen molar-refractivity contribution in [2.24, 2.45) is 11.5 Å². The molecule has 0 fully saturated rings. The van der Waals surface area contributed by atoms with Crippen LogP contribution in [0.15, 0.2) is 0 Å². The highest BCUT2D eigenvalue weighted by Crippen LogP contribution is 2.25. The Bertz CT molecular complexity index is 150. The summed E-state index contributed by atoms with van der Waals surface area (Å²) < 4.78 is -2.17. The monoisotopic (exact) mass is 221 g/mol. The largest absolute Gasteiger partial charge is 0.478 e. The molecular formula is C3H6Cl3N3O2. The first kappa shape index (κ1) is 13.2. The third-order valence-corrected chi connectivity index (χ3v) is 0.728. The van der Waals surface area contributed by atoms with Crippen LogP contribution in [0.1, 0.15) is 0 Å². The highest BCUT2D eigenvalue weighted by molar-refractivity contribution is 6.75. The lowest BCUT2D eigenvalue weighted by atomic mass is 10.8. The first-order chi connectivity index (χ1) is 4.68. The van der Waals surface area contributed by atoms with Crippen molar-refractivity contribution in [3.05, 3.63) is 0 Å². The number of carboxylic acids is 1. The van der Waals surface area contributed by atoms with E-state index in [4.69, 9.17) is 45.3 Å². The highest BCUT2D eigenvalue weighted by atomic mass is 35.6. The third-order valence-electron chi connectivity index (χ3n) is 0.243. The van der Waals surface area contributed by atoms with Gasteiger partial charge in [-0.25, -0.2) is 4.79 Å². The summed E-state index contributed by atoms with van der Waals surface area (Å²) in [6.07, 6.45) is 0. The maximum absolute atomic E-state index is 9.62. The zero-order chi connectivity index (χ0) is 9.65. The smallest absolute Gasteiger partial charge is 0.356 e. The fourth-order valence-electron chi connectivity index (χ4n) is 0. The van der Waals surface area contributed by atoms with E-state index in [2.05, 4.69) is 11.5 Å². The first-order valence-electron chi connectivity index (χ1n) is 2.07. The molecule has 8 heteroatoms. The fraction of sp³-hybridized carbons (Fsp3) is 0.333. The van der Waals surface area contributed by atoms with Crippen LogP contribution >= 0.6 is 34.8 Å². The van der Waals surface area contributed by atoms with Crippen LogP contribution in [0.4, 0.5) is 0 Å². The van der Waals surface area contributed by atoms with Gasteiger partial charge in [-0.3, -0.25) is 5.41 Å². The molecule has 0 saturated carbocycles. The van der Waals surface area contributed by atoms with E-state index in [0.29, 0.717) is 0 Å². The van der Waals surface area contributed by atoms with E-state index in [1.165, 1.54) is 0 Å². The van der Waals surface area contributed by atoms with Crippen molar-refractivity contribution in [1.82, 2.24) is 0 Å². The van der Waals surface area contributed by atoms with Crippen LogP contribution in [0.3, 0.4) is 0 Å². The quantitative estimate of drug-likeness (QED) is 0.268. The molecule has 0 spiro atoms. The van der Waals surface area contributed by atoms with Crippen molar-refractivity contribution in [2.75, 3.05) is 0 Å². The molecule has 0 aromatic heterocycles. The summed E-state index contributed by atoms with van der Waals surface area (Å²) in [5.74, 6) is -1.79. The van der Waals surface area contributed by atoms with Crippen LogP contribution in [0.2, 0.25) is 0 Å². The number of carbonyl (C=O) groups is 1. The van der Waals surface area contributed by atoms with E-state index in [-0.39, 0.29) is 5.96 Å². The normalized spacial score (nSPS) is 9.36. The van der Waals surface area contributed by atoms with Crippen molar-refractivity contribution in [2.45, 2.75) is 3.79 Å². The van der Waals surface area contributed by atoms with Crippen molar-refractivity contribution in [3.63, 3.8) is 0 Å². The standard InChI is InChI=1S/C2HCl3O2.CH5N3/c3-2(4,5)1(6)7;2-1(3)4/h(H,6,7);(H5,2,3,4). The van der Waals surface area contributed by atoms with Gasteiger partial charge in [0, 0.05) is 0 Å². The summed E-state index contributed by atoms with van der Waals surface area (Å²) >= 11 is 14.4. The molecule has 0 saturated heterocycles. The molecule has 66 valence electrons. The average molecular weight is 222 g/mol. The van der Waals surface area contributed by atoms with E-state index >= 15 is 0 Å². The molecule has 6 N–H and O–H groups in total. The Hall–Kier alpha value is -0.390. The number of halogens is 3. The minimum absolute atomic E-state index is 0.333. The Morgan fingerprint density at radius 3 is 1.45 bits per heavy atom. The Balaban J connectivity index is 0. The van der Waals surface area contributed by atoms with Gasteiger partial charge in [-0.05, 0) is 0 Å². The predicted octanol–water partition coefficient (Wildman–Crippen LogP) is 0.280. The third kappa shape index (κ3) is 17.7. The zero-order valence-electron chi connectivity index (χ0n) is 5.14. The van der Waals surface area contributed by atoms with Crippen molar-refractivity contribution in [3.8, 4) is 0 Å². The van der Waals surface area contributed by atoms with Gasteiger partial charge >= 0.3 is 5.97 Å². The Morgan fingerprint density at radius 1 is 1.36 bits per heavy atom. The topological polar surface area (TPSA) is 113 Å². The molecule has 11 heavy (non-hydrogen) atoms. The van der Waals surface area contributed by atoms with Gasteiger partial charge in [0.2, 0.25) is 0 Å². The molecule has 0 unspecified atom stereocenters. The molecular weight excluding hydrogens is 216 g/mol. The summed E-state index contributed by atoms with van der Waals surface area (Å²) in [6.45, 7) is 0. The molecule has 0 bridgehead atoms. The van der Waals surface area contributed by atoms with Gasteiger partial charge in [-0.1, -0.05) is 34.8 Å². The van der Waals surface area contributed by atoms with E-state index < -0.39 is 9.76 Å². The molecule has 0 heterocycles. The van der Waals surface area contributed by atoms with E-state index in [9.17, 15) is 4.79 Å². The summed E-state index contributed by atoms with van der Waals surface area (Å²) in [7, 11) is 0. The summed E-state index contributed by atoms with van der Waals surface area (Å²) in [5.41, 5.74) is 8.94. The molecule has 0 rings (SSSR count). The lowest BCUT2D eigenvalue weighted by Gasteiger charge is -1.99. The van der Waals surface area contributed by atoms with Crippen molar-refractivity contribution in [1.29, 1.82) is 5.41 Å². The number of hydrogen-bond donors (Lipinski definition) is 4. The summed E-state index contributed by atoms with van der Waals surface area (Å²) in [5, 5.41) is 13.9. The number of hydrogen-bond acceptors (Lipinski definition) is 2. The lowest BCUT2D eigenvalue weighted by Crippen LogP contribution is -2.20. The summed E-state index contributed by atoms with van der Waals surface area (Å²) in [6, 6.07) is 0. The average Bonchev–Trinajstić information content (AvgIpc) is 1.59. The van der Waals surface area contributed by atoms with Gasteiger partial charge in [-0.15, -0.1) is 0 Å². The van der Waals surface area contributed by atoms with Gasteiger partial charge in [0.15, 0.2) is 5.96 Å². The van der Waals surface area contributed by atoms with Crippen LogP contribution in [0, 0.1) is 5.41 Å². The maximum Gasteiger partial charge on any atom is 0.356 e. The van der Waals surface area contributed by atoms with Gasteiger partial charge in [-0.2, -0.15) is 0 Å². The second kappa shape index (κ2) is 5.29. The Morgan fingerprint density at radius 2 is 1.45 bits per heavy atom. The zero-order valence-corrected chi connectivity index (χ0v) is 7.41. The SMILES string of the molecule is N=C(N)N.O=C(O)C(Cl)(Cl)Cl. The second-order valence-electron chi connectivity index (χ2n) is 1.26.